The van der Waals surface area contributed by atoms with Crippen molar-refractivity contribution in [2.75, 3.05) is 7.11 Å². The van der Waals surface area contributed by atoms with Crippen LogP contribution in [0.2, 0.25) is 0 Å². The number of carbonyl (C=O) groups is 3. The molecule has 0 radical (unpaired) electrons. The van der Waals surface area contributed by atoms with Gasteiger partial charge in [0.1, 0.15) is 5.60 Å². The van der Waals surface area contributed by atoms with Gasteiger partial charge in [-0.1, -0.05) is 0 Å². The second kappa shape index (κ2) is 7.78. The molecule has 1 heterocycles. The first kappa shape index (κ1) is 22.8. The number of carboxylic acid groups (broad SMARTS) is 1. The van der Waals surface area contributed by atoms with Crippen molar-refractivity contribution in [3.8, 4) is 0 Å². The Morgan fingerprint density at radius 2 is 1.79 bits per heavy atom. The Balaban J connectivity index is 3.86. The normalized spacial score (nSPS) is 12.8. The third-order valence-electron chi connectivity index (χ3n) is 3.08. The van der Waals surface area contributed by atoms with Crippen LogP contribution in [0.25, 0.3) is 0 Å². The summed E-state index contributed by atoms with van der Waals surface area (Å²) in [5.74, 6) is -7.74. The highest BCUT2D eigenvalue weighted by molar-refractivity contribution is 6.00. The van der Waals surface area contributed by atoms with Crippen LogP contribution in [0.5, 0.6) is 0 Å². The minimum absolute atomic E-state index is 0.0745. The second-order valence-electron chi connectivity index (χ2n) is 6.34. The van der Waals surface area contributed by atoms with E-state index < -0.39 is 63.2 Å². The Bertz CT molecular complexity index is 830. The maximum absolute atomic E-state index is 13.4. The molecule has 0 aromatic carbocycles. The van der Waals surface area contributed by atoms with E-state index in [0.717, 1.165) is 7.11 Å². The zero-order valence-electron chi connectivity index (χ0n) is 15.0. The van der Waals surface area contributed by atoms with E-state index in [1.54, 1.807) is 0 Å². The van der Waals surface area contributed by atoms with Crippen LogP contribution < -0.4 is 0 Å². The number of pyridine rings is 1. The zero-order chi connectivity index (χ0) is 22.0. The van der Waals surface area contributed by atoms with Crippen molar-refractivity contribution >= 4 is 23.6 Å². The number of nitro groups is 1. The van der Waals surface area contributed by atoms with Crippen LogP contribution in [0, 0.1) is 10.1 Å². The molecule has 0 saturated carbocycles. The summed E-state index contributed by atoms with van der Waals surface area (Å²) >= 11 is 0. The van der Waals surface area contributed by atoms with E-state index in [-0.39, 0.29) is 6.07 Å². The highest BCUT2D eigenvalue weighted by Gasteiger charge is 2.45. The fourth-order valence-electron chi connectivity index (χ4n) is 2.04. The monoisotopic (exact) mass is 408 g/mol. The number of carboxylic acids is 1. The average molecular weight is 408 g/mol. The van der Waals surface area contributed by atoms with Gasteiger partial charge in [0.25, 0.3) is 0 Å². The summed E-state index contributed by atoms with van der Waals surface area (Å²) in [5, 5.41) is 20.3. The lowest BCUT2D eigenvalue weighted by Crippen LogP contribution is -2.33. The quantitative estimate of drug-likeness (QED) is 0.335. The highest BCUT2D eigenvalue weighted by atomic mass is 19.4. The molecule has 0 aliphatic carbocycles. The number of aromatic nitrogens is 1. The van der Waals surface area contributed by atoms with Gasteiger partial charge in [-0.15, -0.1) is 0 Å². The van der Waals surface area contributed by atoms with Crippen molar-refractivity contribution in [1.82, 2.24) is 4.98 Å². The second-order valence-corrected chi connectivity index (χ2v) is 6.34. The Labute approximate surface area is 155 Å². The summed E-state index contributed by atoms with van der Waals surface area (Å²) in [7, 11) is 0.785. The predicted molar refractivity (Wildman–Crippen MR) is 83.5 cm³/mol. The van der Waals surface area contributed by atoms with Crippen LogP contribution in [0.1, 0.15) is 48.4 Å². The Morgan fingerprint density at radius 3 is 2.14 bits per heavy atom. The molecule has 1 unspecified atom stereocenters. The van der Waals surface area contributed by atoms with Crippen LogP contribution in [0.3, 0.4) is 0 Å². The van der Waals surface area contributed by atoms with Crippen molar-refractivity contribution in [2.45, 2.75) is 38.5 Å². The van der Waals surface area contributed by atoms with Crippen molar-refractivity contribution in [3.05, 3.63) is 33.1 Å². The predicted octanol–water partition coefficient (Wildman–Crippen LogP) is 2.31. The first-order valence-electron chi connectivity index (χ1n) is 7.40. The van der Waals surface area contributed by atoms with E-state index in [0.29, 0.717) is 0 Å². The van der Waals surface area contributed by atoms with Gasteiger partial charge in [0, 0.05) is 6.07 Å². The number of rotatable bonds is 5. The summed E-state index contributed by atoms with van der Waals surface area (Å²) in [4.78, 5) is 48.3. The average Bonchev–Trinajstić information content (AvgIpc) is 2.50. The van der Waals surface area contributed by atoms with E-state index in [2.05, 4.69) is 9.72 Å². The molecule has 0 saturated heterocycles. The van der Waals surface area contributed by atoms with Gasteiger partial charge >= 0.3 is 29.8 Å². The molecule has 10 nitrogen and oxygen atoms in total. The SMILES string of the molecule is COC(=O)c1nc(C(C(=O)O)C(=O)OC(C)(C)C)c(C(F)(F)F)cc1[N+](=O)[O-]. The Morgan fingerprint density at radius 1 is 1.25 bits per heavy atom. The summed E-state index contributed by atoms with van der Waals surface area (Å²) in [6, 6.07) is -0.0745. The van der Waals surface area contributed by atoms with Crippen LogP contribution in [0.4, 0.5) is 18.9 Å². The molecule has 1 N–H and O–H groups in total. The standard InChI is InChI=1S/C15H15F3N2O8/c1-14(2,3)28-12(23)8(11(21)22)9-6(15(16,17)18)5-7(20(25)26)10(19-9)13(24)27-4/h5,8H,1-4H3,(H,21,22). The van der Waals surface area contributed by atoms with E-state index in [9.17, 15) is 42.8 Å². The van der Waals surface area contributed by atoms with Crippen molar-refractivity contribution in [3.63, 3.8) is 0 Å². The maximum atomic E-state index is 13.4. The lowest BCUT2D eigenvalue weighted by Gasteiger charge is -2.23. The third kappa shape index (κ3) is 5.14. The third-order valence-corrected chi connectivity index (χ3v) is 3.08. The molecule has 0 spiro atoms. The highest BCUT2D eigenvalue weighted by Crippen LogP contribution is 2.38. The molecule has 154 valence electrons. The molecule has 1 aromatic heterocycles. The number of esters is 2. The van der Waals surface area contributed by atoms with Gasteiger partial charge in [-0.2, -0.15) is 13.2 Å². The summed E-state index contributed by atoms with van der Waals surface area (Å²) < 4.78 is 49.3. The van der Waals surface area contributed by atoms with Crippen molar-refractivity contribution < 1.29 is 47.1 Å². The number of halogens is 3. The topological polar surface area (TPSA) is 146 Å². The van der Waals surface area contributed by atoms with Gasteiger partial charge in [0.05, 0.1) is 23.3 Å². The fourth-order valence-corrected chi connectivity index (χ4v) is 2.04. The minimum atomic E-state index is -5.32. The summed E-state index contributed by atoms with van der Waals surface area (Å²) in [6.07, 6.45) is -5.32. The number of alkyl halides is 3. The molecule has 28 heavy (non-hydrogen) atoms. The molecule has 1 atom stereocenters. The molecule has 0 fully saturated rings. The fraction of sp³-hybridized carbons (Fsp3) is 0.467. The molecule has 0 bridgehead atoms. The van der Waals surface area contributed by atoms with Crippen molar-refractivity contribution in [2.24, 2.45) is 0 Å². The van der Waals surface area contributed by atoms with Crippen LogP contribution >= 0.6 is 0 Å². The maximum Gasteiger partial charge on any atom is 0.418 e. The Hall–Kier alpha value is -3.25. The lowest BCUT2D eigenvalue weighted by atomic mass is 9.98. The van der Waals surface area contributed by atoms with E-state index in [1.807, 2.05) is 0 Å². The minimum Gasteiger partial charge on any atom is -0.480 e. The van der Waals surface area contributed by atoms with Gasteiger partial charge in [-0.25, -0.2) is 9.78 Å². The molecule has 1 aromatic rings. The van der Waals surface area contributed by atoms with Crippen LogP contribution in [0.15, 0.2) is 6.07 Å². The first-order chi connectivity index (χ1) is 12.6. The van der Waals surface area contributed by atoms with Crippen molar-refractivity contribution in [1.29, 1.82) is 0 Å². The van der Waals surface area contributed by atoms with E-state index >= 15 is 0 Å². The van der Waals surface area contributed by atoms with Gasteiger partial charge in [-0.3, -0.25) is 19.7 Å². The van der Waals surface area contributed by atoms with E-state index in [4.69, 9.17) is 4.74 Å². The van der Waals surface area contributed by atoms with E-state index in [1.165, 1.54) is 20.8 Å². The molecular weight excluding hydrogens is 393 g/mol. The number of hydrogen-bond donors (Lipinski definition) is 1. The van der Waals surface area contributed by atoms with Gasteiger partial charge in [0.15, 0.2) is 5.92 Å². The number of hydrogen-bond acceptors (Lipinski definition) is 8. The number of nitrogens with zero attached hydrogens (tertiary/aromatic N) is 2. The molecule has 1 rings (SSSR count). The van der Waals surface area contributed by atoms with Crippen LogP contribution in [-0.4, -0.2) is 45.6 Å². The molecule has 0 aliphatic heterocycles. The number of ether oxygens (including phenoxy) is 2. The smallest absolute Gasteiger partial charge is 0.418 e. The Kier molecular flexibility index (Phi) is 6.33. The number of aliphatic carboxylic acids is 1. The molecular formula is C15H15F3N2O8. The lowest BCUT2D eigenvalue weighted by molar-refractivity contribution is -0.385. The summed E-state index contributed by atoms with van der Waals surface area (Å²) in [5.41, 5.74) is -7.11. The number of carbonyl (C=O) groups excluding carboxylic acids is 2. The molecule has 0 aliphatic rings. The first-order valence-corrected chi connectivity index (χ1v) is 7.40. The van der Waals surface area contributed by atoms with Crippen LogP contribution in [-0.2, 0) is 25.2 Å². The largest absolute Gasteiger partial charge is 0.480 e. The molecule has 13 heteroatoms. The van der Waals surface area contributed by atoms with Gasteiger partial charge in [0.2, 0.25) is 5.69 Å². The van der Waals surface area contributed by atoms with Gasteiger partial charge in [-0.05, 0) is 20.8 Å². The molecule has 0 amide bonds. The summed E-state index contributed by atoms with van der Waals surface area (Å²) in [6.45, 7) is 4.03. The zero-order valence-corrected chi connectivity index (χ0v) is 15.0. The van der Waals surface area contributed by atoms with Gasteiger partial charge < -0.3 is 14.6 Å². The number of methoxy groups -OCH3 is 1.